The highest BCUT2D eigenvalue weighted by Gasteiger charge is 2.51. The van der Waals surface area contributed by atoms with Gasteiger partial charge in [-0.3, -0.25) is 14.4 Å². The Kier molecular flexibility index (Phi) is 11.2. The summed E-state index contributed by atoms with van der Waals surface area (Å²) in [7, 11) is 0. The Morgan fingerprint density at radius 1 is 0.943 bits per heavy atom. The van der Waals surface area contributed by atoms with E-state index in [-0.39, 0.29) is 6.61 Å². The summed E-state index contributed by atoms with van der Waals surface area (Å²) in [6.07, 6.45) is -4.50. The van der Waals surface area contributed by atoms with Crippen molar-refractivity contribution in [2.45, 2.75) is 59.2 Å². The molecule has 5 atom stereocenters. The third-order valence-corrected chi connectivity index (χ3v) is 5.86. The lowest BCUT2D eigenvalue weighted by atomic mass is 9.97. The van der Waals surface area contributed by atoms with Crippen molar-refractivity contribution in [1.82, 2.24) is 5.32 Å². The summed E-state index contributed by atoms with van der Waals surface area (Å²) in [5.74, 6) is -2.03. The van der Waals surface area contributed by atoms with Crippen LogP contribution in [0, 0.1) is 0 Å². The number of hydrogen-bond acceptors (Lipinski definition) is 10. The fraction of sp³-hybridized carbons (Fsp3) is 0.524. The summed E-state index contributed by atoms with van der Waals surface area (Å²) >= 11 is 18.1. The van der Waals surface area contributed by atoms with Gasteiger partial charge in [0, 0.05) is 25.7 Å². The van der Waals surface area contributed by atoms with Gasteiger partial charge >= 0.3 is 24.0 Å². The van der Waals surface area contributed by atoms with Crippen LogP contribution in [0.2, 0.25) is 0 Å². The number of alkyl halides is 3. The summed E-state index contributed by atoms with van der Waals surface area (Å²) in [5.41, 5.74) is -0.908. The van der Waals surface area contributed by atoms with Crippen LogP contribution in [0.15, 0.2) is 35.2 Å². The molecule has 0 bridgehead atoms. The van der Waals surface area contributed by atoms with Crippen molar-refractivity contribution in [2.75, 3.05) is 13.2 Å². The minimum absolute atomic E-state index is 0.304. The first-order valence-electron chi connectivity index (χ1n) is 10.2. The second-order valence-electron chi connectivity index (χ2n) is 7.29. The van der Waals surface area contributed by atoms with Crippen LogP contribution in [0.5, 0.6) is 0 Å². The third kappa shape index (κ3) is 10.3. The number of alkyl carbamates (subject to hydrolysis) is 1. The van der Waals surface area contributed by atoms with Crippen LogP contribution in [0.4, 0.5) is 4.79 Å². The molecule has 0 radical (unpaired) electrons. The summed E-state index contributed by atoms with van der Waals surface area (Å²) in [5, 5.41) is 2.55. The van der Waals surface area contributed by atoms with Crippen molar-refractivity contribution in [3.8, 4) is 0 Å². The molecule has 3 unspecified atom stereocenters. The van der Waals surface area contributed by atoms with Crippen LogP contribution >= 0.6 is 46.6 Å². The van der Waals surface area contributed by atoms with E-state index >= 15 is 0 Å². The zero-order chi connectivity index (χ0) is 26.2. The molecular formula is C21H24Cl3NO9S. The fourth-order valence-corrected chi connectivity index (χ4v) is 4.43. The van der Waals surface area contributed by atoms with Crippen LogP contribution in [-0.4, -0.2) is 70.8 Å². The molecule has 1 heterocycles. The van der Waals surface area contributed by atoms with E-state index in [1.165, 1.54) is 18.7 Å². The van der Waals surface area contributed by atoms with Gasteiger partial charge < -0.3 is 29.0 Å². The Balaban J connectivity index is 2.42. The van der Waals surface area contributed by atoms with Gasteiger partial charge in [0.15, 0.2) is 12.2 Å². The second-order valence-corrected chi connectivity index (χ2v) is 11.0. The Morgan fingerprint density at radius 3 is 2.09 bits per heavy atom. The maximum atomic E-state index is 12.5. The largest absolute Gasteiger partial charge is 0.463 e. The quantitative estimate of drug-likeness (QED) is 0.281. The van der Waals surface area contributed by atoms with Gasteiger partial charge in [-0.1, -0.05) is 64.8 Å². The van der Waals surface area contributed by atoms with Crippen LogP contribution in [0.3, 0.4) is 0 Å². The van der Waals surface area contributed by atoms with Crippen LogP contribution in [0.25, 0.3) is 0 Å². The van der Waals surface area contributed by atoms with Crippen molar-refractivity contribution in [3.05, 3.63) is 30.3 Å². The maximum absolute atomic E-state index is 12.5. The topological polar surface area (TPSA) is 126 Å². The van der Waals surface area contributed by atoms with Gasteiger partial charge in [-0.25, -0.2) is 4.79 Å². The Bertz CT molecular complexity index is 900. The fourth-order valence-electron chi connectivity index (χ4n) is 3.11. The molecule has 1 saturated heterocycles. The highest BCUT2D eigenvalue weighted by atomic mass is 35.6. The zero-order valence-electron chi connectivity index (χ0n) is 18.9. The molecule has 14 heteroatoms. The normalized spacial score (nSPS) is 24.1. The van der Waals surface area contributed by atoms with E-state index < -0.39 is 64.2 Å². The molecule has 1 aromatic rings. The Hall–Kier alpha value is -1.92. The van der Waals surface area contributed by atoms with E-state index in [4.69, 9.17) is 58.5 Å². The van der Waals surface area contributed by atoms with Crippen LogP contribution in [-0.2, 0) is 38.1 Å². The van der Waals surface area contributed by atoms with Crippen molar-refractivity contribution in [3.63, 3.8) is 0 Å². The molecule has 1 amide bonds. The molecule has 0 aromatic heterocycles. The lowest BCUT2D eigenvalue weighted by Crippen LogP contribution is -2.65. The number of nitrogens with one attached hydrogen (secondary N) is 1. The molecular weight excluding hydrogens is 549 g/mol. The van der Waals surface area contributed by atoms with Crippen LogP contribution < -0.4 is 5.32 Å². The van der Waals surface area contributed by atoms with E-state index in [1.807, 2.05) is 6.07 Å². The van der Waals surface area contributed by atoms with Crippen LogP contribution in [0.1, 0.15) is 20.8 Å². The molecule has 0 aliphatic carbocycles. The number of carbonyl (C=O) groups excluding carboxylic acids is 4. The predicted octanol–water partition coefficient (Wildman–Crippen LogP) is 3.40. The molecule has 2 rings (SSSR count). The monoisotopic (exact) mass is 571 g/mol. The first kappa shape index (κ1) is 29.3. The minimum Gasteiger partial charge on any atom is -0.463 e. The van der Waals surface area contributed by atoms with Gasteiger partial charge in [0.2, 0.25) is 3.79 Å². The number of amides is 1. The van der Waals surface area contributed by atoms with E-state index in [2.05, 4.69) is 5.32 Å². The summed E-state index contributed by atoms with van der Waals surface area (Å²) in [6.45, 7) is 2.64. The Labute approximate surface area is 221 Å². The van der Waals surface area contributed by atoms with Gasteiger partial charge in [0.05, 0.1) is 0 Å². The zero-order valence-corrected chi connectivity index (χ0v) is 22.0. The highest BCUT2D eigenvalue weighted by molar-refractivity contribution is 7.99. The average Bonchev–Trinajstić information content (AvgIpc) is 2.74. The number of rotatable bonds is 8. The highest BCUT2D eigenvalue weighted by Crippen LogP contribution is 2.36. The second kappa shape index (κ2) is 13.4. The molecule has 1 N–H and O–H groups in total. The van der Waals surface area contributed by atoms with Gasteiger partial charge in [-0.15, -0.1) is 0 Å². The van der Waals surface area contributed by atoms with Crippen molar-refractivity contribution >= 4 is 70.6 Å². The summed E-state index contributed by atoms with van der Waals surface area (Å²) in [6, 6.07) is 7.91. The third-order valence-electron chi connectivity index (χ3n) is 4.35. The van der Waals surface area contributed by atoms with Gasteiger partial charge in [-0.05, 0) is 12.1 Å². The van der Waals surface area contributed by atoms with E-state index in [1.54, 1.807) is 24.3 Å². The molecule has 1 fully saturated rings. The average molecular weight is 573 g/mol. The van der Waals surface area contributed by atoms with Crippen molar-refractivity contribution in [2.24, 2.45) is 0 Å². The molecule has 35 heavy (non-hydrogen) atoms. The number of halogens is 3. The molecule has 0 spiro atoms. The van der Waals surface area contributed by atoms with Gasteiger partial charge in [0.1, 0.15) is 30.8 Å². The first-order chi connectivity index (χ1) is 16.4. The molecule has 10 nitrogen and oxygen atoms in total. The van der Waals surface area contributed by atoms with Crippen molar-refractivity contribution < 1.29 is 42.9 Å². The van der Waals surface area contributed by atoms with Gasteiger partial charge in [0.25, 0.3) is 0 Å². The predicted molar refractivity (Wildman–Crippen MR) is 127 cm³/mol. The molecule has 194 valence electrons. The van der Waals surface area contributed by atoms with E-state index in [0.29, 0.717) is 0 Å². The summed E-state index contributed by atoms with van der Waals surface area (Å²) in [4.78, 5) is 48.5. The van der Waals surface area contributed by atoms with Crippen molar-refractivity contribution in [1.29, 1.82) is 0 Å². The number of thioether (sulfide) groups is 1. The Morgan fingerprint density at radius 2 is 1.54 bits per heavy atom. The number of hydrogen-bond donors (Lipinski definition) is 1. The molecule has 1 aliphatic rings. The smallest absolute Gasteiger partial charge is 0.407 e. The summed E-state index contributed by atoms with van der Waals surface area (Å²) < 4.78 is 25.1. The minimum atomic E-state index is -1.86. The lowest BCUT2D eigenvalue weighted by Gasteiger charge is -2.44. The number of ether oxygens (including phenoxy) is 5. The first-order valence-corrected chi connectivity index (χ1v) is 12.2. The number of carbonyl (C=O) groups is 4. The molecule has 0 saturated carbocycles. The molecule has 1 aromatic carbocycles. The van der Waals surface area contributed by atoms with E-state index in [0.717, 1.165) is 18.7 Å². The van der Waals surface area contributed by atoms with E-state index in [9.17, 15) is 19.2 Å². The standard InChI is InChI=1S/C21H24Cl3NO9S/c1-11(26)30-9-15-17(32-12(2)27)18(33-13(3)28)16(25-20(29)31-10-21(22,23)24)19(34-15)35-14-7-5-4-6-8-14/h4-8,15-19H,9-10H2,1-3H3,(H,25,29)/t15?,16?,17-,18?,19-/m0/s1. The number of benzene rings is 1. The molecule has 1 aliphatic heterocycles. The maximum Gasteiger partial charge on any atom is 0.407 e. The SMILES string of the molecule is CC(=O)OCC1O[C@@H](Sc2ccccc2)C(NC(=O)OCC(Cl)(Cl)Cl)C(OC(C)=O)[C@H]1OC(C)=O. The number of esters is 3. The lowest BCUT2D eigenvalue weighted by molar-refractivity contribution is -0.211. The van der Waals surface area contributed by atoms with Gasteiger partial charge in [-0.2, -0.15) is 0 Å².